The average Bonchev–Trinajstić information content (AvgIpc) is 3.21. The van der Waals surface area contributed by atoms with Crippen LogP contribution in [0.4, 0.5) is 5.69 Å². The summed E-state index contributed by atoms with van der Waals surface area (Å²) in [5.41, 5.74) is 5.48. The molecule has 0 fully saturated rings. The summed E-state index contributed by atoms with van der Waals surface area (Å²) >= 11 is 5.73. The van der Waals surface area contributed by atoms with Gasteiger partial charge in [0.2, 0.25) is 0 Å². The van der Waals surface area contributed by atoms with Crippen molar-refractivity contribution in [3.05, 3.63) is 95.6 Å². The Bertz CT molecular complexity index is 1010. The predicted molar refractivity (Wildman–Crippen MR) is 123 cm³/mol. The van der Waals surface area contributed by atoms with Gasteiger partial charge in [-0.25, -0.2) is 5.01 Å². The van der Waals surface area contributed by atoms with Crippen LogP contribution >= 0.6 is 12.2 Å². The van der Waals surface area contributed by atoms with Gasteiger partial charge in [0, 0.05) is 12.1 Å². The number of methoxy groups -OCH3 is 1. The number of hydrazone groups is 1. The fourth-order valence-corrected chi connectivity index (χ4v) is 3.69. The average molecular weight is 402 g/mol. The zero-order valence-corrected chi connectivity index (χ0v) is 17.3. The van der Waals surface area contributed by atoms with E-state index in [2.05, 4.69) is 48.6 Å². The van der Waals surface area contributed by atoms with Gasteiger partial charge in [0.1, 0.15) is 5.75 Å². The standard InChI is InChI=1S/C24H23N3OS/c1-17-8-10-18(11-9-17)22-16-23(19-12-14-21(28-2)15-13-19)27(26-22)24(29)25-20-6-4-3-5-7-20/h3-15,23H,16H2,1-2H3,(H,25,29). The van der Waals surface area contributed by atoms with Crippen molar-refractivity contribution in [1.29, 1.82) is 0 Å². The molecule has 3 aromatic carbocycles. The normalized spacial score (nSPS) is 15.7. The van der Waals surface area contributed by atoms with E-state index in [-0.39, 0.29) is 6.04 Å². The topological polar surface area (TPSA) is 36.9 Å². The molecule has 0 spiro atoms. The highest BCUT2D eigenvalue weighted by Gasteiger charge is 2.31. The number of ether oxygens (including phenoxy) is 1. The van der Waals surface area contributed by atoms with Crippen LogP contribution in [0.15, 0.2) is 84.0 Å². The van der Waals surface area contributed by atoms with Gasteiger partial charge >= 0.3 is 0 Å². The molecule has 0 aliphatic carbocycles. The van der Waals surface area contributed by atoms with Gasteiger partial charge in [-0.2, -0.15) is 5.10 Å². The third-order valence-electron chi connectivity index (χ3n) is 5.03. The lowest BCUT2D eigenvalue weighted by Crippen LogP contribution is -2.31. The van der Waals surface area contributed by atoms with Crippen LogP contribution in [0.3, 0.4) is 0 Å². The smallest absolute Gasteiger partial charge is 0.194 e. The third-order valence-corrected chi connectivity index (χ3v) is 5.32. The SMILES string of the molecule is COc1ccc(C2CC(c3ccc(C)cc3)=NN2C(=S)Nc2ccccc2)cc1. The first-order valence-electron chi connectivity index (χ1n) is 9.58. The molecule has 5 heteroatoms. The number of benzene rings is 3. The van der Waals surface area contributed by atoms with Gasteiger partial charge in [-0.05, 0) is 54.5 Å². The maximum atomic E-state index is 5.73. The van der Waals surface area contributed by atoms with Gasteiger partial charge in [-0.15, -0.1) is 0 Å². The quantitative estimate of drug-likeness (QED) is 0.582. The molecule has 1 atom stereocenters. The molecule has 0 radical (unpaired) electrons. The van der Waals surface area contributed by atoms with Crippen molar-refractivity contribution in [3.63, 3.8) is 0 Å². The summed E-state index contributed by atoms with van der Waals surface area (Å²) in [7, 11) is 1.67. The van der Waals surface area contributed by atoms with Gasteiger partial charge in [-0.3, -0.25) is 0 Å². The number of hydrogen-bond acceptors (Lipinski definition) is 3. The fourth-order valence-electron chi connectivity index (χ4n) is 3.41. The van der Waals surface area contributed by atoms with Crippen LogP contribution in [0, 0.1) is 6.92 Å². The van der Waals surface area contributed by atoms with Gasteiger partial charge < -0.3 is 10.1 Å². The molecule has 1 heterocycles. The highest BCUT2D eigenvalue weighted by Crippen LogP contribution is 2.34. The Labute approximate surface area is 176 Å². The van der Waals surface area contributed by atoms with Crippen LogP contribution < -0.4 is 10.1 Å². The Morgan fingerprint density at radius 2 is 1.69 bits per heavy atom. The molecular formula is C24H23N3OS. The van der Waals surface area contributed by atoms with Crippen LogP contribution in [0.2, 0.25) is 0 Å². The van der Waals surface area contributed by atoms with E-state index < -0.39 is 0 Å². The first-order chi connectivity index (χ1) is 14.1. The molecule has 1 N–H and O–H groups in total. The molecule has 0 aromatic heterocycles. The second-order valence-electron chi connectivity index (χ2n) is 7.05. The molecule has 4 rings (SSSR count). The summed E-state index contributed by atoms with van der Waals surface area (Å²) in [6, 6.07) is 26.6. The van der Waals surface area contributed by atoms with Crippen molar-refractivity contribution < 1.29 is 4.74 Å². The van der Waals surface area contributed by atoms with E-state index in [1.165, 1.54) is 5.56 Å². The number of nitrogens with one attached hydrogen (secondary N) is 1. The summed E-state index contributed by atoms with van der Waals surface area (Å²) in [6.45, 7) is 2.09. The molecule has 1 aliphatic heterocycles. The van der Waals surface area contributed by atoms with E-state index in [0.717, 1.165) is 34.7 Å². The number of nitrogens with zero attached hydrogens (tertiary/aromatic N) is 2. The van der Waals surface area contributed by atoms with E-state index in [0.29, 0.717) is 5.11 Å². The monoisotopic (exact) mass is 401 g/mol. The van der Waals surface area contributed by atoms with Crippen LogP contribution in [-0.2, 0) is 0 Å². The minimum atomic E-state index is 0.0286. The zero-order valence-electron chi connectivity index (χ0n) is 16.5. The van der Waals surface area contributed by atoms with Crippen molar-refractivity contribution in [2.24, 2.45) is 5.10 Å². The first kappa shape index (κ1) is 19.2. The van der Waals surface area contributed by atoms with Gasteiger partial charge in [-0.1, -0.05) is 60.2 Å². The Morgan fingerprint density at radius 3 is 2.34 bits per heavy atom. The van der Waals surface area contributed by atoms with Gasteiger partial charge in [0.05, 0.1) is 18.9 Å². The Morgan fingerprint density at radius 1 is 1.00 bits per heavy atom. The number of aryl methyl sites for hydroxylation is 1. The number of thiocarbonyl (C=S) groups is 1. The summed E-state index contributed by atoms with van der Waals surface area (Å²) in [6.07, 6.45) is 0.784. The molecule has 3 aromatic rings. The minimum absolute atomic E-state index is 0.0286. The number of para-hydroxylation sites is 1. The first-order valence-corrected chi connectivity index (χ1v) is 9.98. The molecule has 0 amide bonds. The summed E-state index contributed by atoms with van der Waals surface area (Å²) in [4.78, 5) is 0. The lowest BCUT2D eigenvalue weighted by molar-refractivity contribution is 0.374. The Kier molecular flexibility index (Phi) is 5.58. The fraction of sp³-hybridized carbons (Fsp3) is 0.167. The molecule has 146 valence electrons. The molecule has 0 saturated carbocycles. The van der Waals surface area contributed by atoms with Gasteiger partial charge in [0.25, 0.3) is 0 Å². The lowest BCUT2D eigenvalue weighted by atomic mass is 9.98. The second kappa shape index (κ2) is 8.45. The molecular weight excluding hydrogens is 378 g/mol. The molecule has 1 unspecified atom stereocenters. The number of rotatable bonds is 4. The highest BCUT2D eigenvalue weighted by molar-refractivity contribution is 7.80. The van der Waals surface area contributed by atoms with Crippen molar-refractivity contribution >= 4 is 28.7 Å². The van der Waals surface area contributed by atoms with Crippen LogP contribution in [0.5, 0.6) is 5.75 Å². The predicted octanol–water partition coefficient (Wildman–Crippen LogP) is 5.55. The van der Waals surface area contributed by atoms with Crippen molar-refractivity contribution in [2.75, 3.05) is 12.4 Å². The number of hydrogen-bond donors (Lipinski definition) is 1. The van der Waals surface area contributed by atoms with E-state index in [1.807, 2.05) is 47.5 Å². The molecule has 29 heavy (non-hydrogen) atoms. The van der Waals surface area contributed by atoms with Gasteiger partial charge in [0.15, 0.2) is 5.11 Å². The van der Waals surface area contributed by atoms with Crippen molar-refractivity contribution in [3.8, 4) is 5.75 Å². The maximum Gasteiger partial charge on any atom is 0.194 e. The summed E-state index contributed by atoms with van der Waals surface area (Å²) < 4.78 is 5.31. The van der Waals surface area contributed by atoms with E-state index in [4.69, 9.17) is 22.1 Å². The van der Waals surface area contributed by atoms with Crippen LogP contribution in [-0.4, -0.2) is 22.9 Å². The van der Waals surface area contributed by atoms with Crippen molar-refractivity contribution in [2.45, 2.75) is 19.4 Å². The van der Waals surface area contributed by atoms with E-state index in [1.54, 1.807) is 7.11 Å². The van der Waals surface area contributed by atoms with Crippen molar-refractivity contribution in [1.82, 2.24) is 5.01 Å². The highest BCUT2D eigenvalue weighted by atomic mass is 32.1. The Hall–Kier alpha value is -3.18. The molecule has 0 saturated heterocycles. The molecule has 4 nitrogen and oxygen atoms in total. The summed E-state index contributed by atoms with van der Waals surface area (Å²) in [5, 5.41) is 10.7. The van der Waals surface area contributed by atoms with Crippen LogP contribution in [0.25, 0.3) is 0 Å². The largest absolute Gasteiger partial charge is 0.497 e. The van der Waals surface area contributed by atoms with E-state index >= 15 is 0 Å². The summed E-state index contributed by atoms with van der Waals surface area (Å²) in [5.74, 6) is 0.836. The molecule has 0 bridgehead atoms. The number of anilines is 1. The van der Waals surface area contributed by atoms with Crippen LogP contribution in [0.1, 0.15) is 29.2 Å². The third kappa shape index (κ3) is 4.30. The lowest BCUT2D eigenvalue weighted by Gasteiger charge is -2.25. The Balaban J connectivity index is 1.64. The van der Waals surface area contributed by atoms with E-state index in [9.17, 15) is 0 Å². The second-order valence-corrected chi connectivity index (χ2v) is 7.43. The molecule has 1 aliphatic rings. The minimum Gasteiger partial charge on any atom is -0.497 e. The maximum absolute atomic E-state index is 5.73. The zero-order chi connectivity index (χ0) is 20.2.